The van der Waals surface area contributed by atoms with E-state index < -0.39 is 5.92 Å². The summed E-state index contributed by atoms with van der Waals surface area (Å²) in [5.74, 6) is 0.668. The number of carbonyl (C=O) groups is 2. The molecule has 1 aliphatic heterocycles. The number of aryl methyl sites for hydroxylation is 1. The summed E-state index contributed by atoms with van der Waals surface area (Å²) in [6, 6.07) is 22.3. The fourth-order valence-electron chi connectivity index (χ4n) is 4.06. The van der Waals surface area contributed by atoms with Crippen LogP contribution in [0.25, 0.3) is 22.8 Å². The number of hydrogen-bond acceptors (Lipinski definition) is 6. The molecule has 1 fully saturated rings. The Morgan fingerprint density at radius 1 is 1.06 bits per heavy atom. The Balaban J connectivity index is 1.32. The van der Waals surface area contributed by atoms with Gasteiger partial charge in [0.05, 0.1) is 24.3 Å². The van der Waals surface area contributed by atoms with Crippen LogP contribution in [-0.2, 0) is 9.59 Å². The first-order valence-corrected chi connectivity index (χ1v) is 11.3. The number of carbonyl (C=O) groups excluding carboxylic acids is 2. The molecule has 0 unspecified atom stereocenters. The van der Waals surface area contributed by atoms with Crippen LogP contribution in [0.3, 0.4) is 0 Å². The maximum Gasteiger partial charge on any atom is 0.260 e. The van der Waals surface area contributed by atoms with Crippen molar-refractivity contribution in [1.29, 1.82) is 0 Å². The zero-order valence-corrected chi connectivity index (χ0v) is 19.4. The van der Waals surface area contributed by atoms with E-state index in [0.29, 0.717) is 35.3 Å². The van der Waals surface area contributed by atoms with Crippen LogP contribution in [0.15, 0.2) is 77.3 Å². The number of nitrogens with zero attached hydrogens (tertiary/aromatic N) is 3. The van der Waals surface area contributed by atoms with Gasteiger partial charge in [-0.2, -0.15) is 4.98 Å². The second-order valence-electron chi connectivity index (χ2n) is 8.43. The molecule has 8 nitrogen and oxygen atoms in total. The lowest BCUT2D eigenvalue weighted by Crippen LogP contribution is -2.28. The molecule has 0 spiro atoms. The minimum atomic E-state index is -0.483. The van der Waals surface area contributed by atoms with Crippen molar-refractivity contribution >= 4 is 23.2 Å². The van der Waals surface area contributed by atoms with Gasteiger partial charge in [0, 0.05) is 24.2 Å². The molecule has 0 aliphatic carbocycles. The second-order valence-corrected chi connectivity index (χ2v) is 8.43. The summed E-state index contributed by atoms with van der Waals surface area (Å²) in [5.41, 5.74) is 3.88. The molecule has 1 aromatic heterocycles. The Bertz CT molecular complexity index is 1360. The molecule has 1 saturated heterocycles. The molecule has 0 radical (unpaired) electrons. The Labute approximate surface area is 202 Å². The summed E-state index contributed by atoms with van der Waals surface area (Å²) in [6.07, 6.45) is 0.137. The minimum Gasteiger partial charge on any atom is -0.497 e. The van der Waals surface area contributed by atoms with Crippen LogP contribution < -0.4 is 15.0 Å². The molecule has 2 heterocycles. The predicted octanol–water partition coefficient (Wildman–Crippen LogP) is 4.71. The highest BCUT2D eigenvalue weighted by atomic mass is 16.5. The number of para-hydroxylation sites is 1. The Kier molecular flexibility index (Phi) is 6.01. The fourth-order valence-corrected chi connectivity index (χ4v) is 4.06. The van der Waals surface area contributed by atoms with E-state index in [2.05, 4.69) is 15.5 Å². The third kappa shape index (κ3) is 4.63. The van der Waals surface area contributed by atoms with E-state index >= 15 is 0 Å². The van der Waals surface area contributed by atoms with Crippen molar-refractivity contribution in [2.45, 2.75) is 13.3 Å². The van der Waals surface area contributed by atoms with Crippen LogP contribution in [0, 0.1) is 12.8 Å². The summed E-state index contributed by atoms with van der Waals surface area (Å²) in [5, 5.41) is 7.05. The fraction of sp³-hybridized carbons (Fsp3) is 0.185. The number of benzene rings is 3. The monoisotopic (exact) mass is 468 g/mol. The summed E-state index contributed by atoms with van der Waals surface area (Å²) in [7, 11) is 1.59. The van der Waals surface area contributed by atoms with Crippen LogP contribution in [0.4, 0.5) is 11.4 Å². The first-order valence-electron chi connectivity index (χ1n) is 11.3. The van der Waals surface area contributed by atoms with E-state index in [-0.39, 0.29) is 18.2 Å². The highest BCUT2D eigenvalue weighted by Gasteiger charge is 2.35. The van der Waals surface area contributed by atoms with Gasteiger partial charge in [-0.3, -0.25) is 9.59 Å². The lowest BCUT2D eigenvalue weighted by Gasteiger charge is -2.17. The maximum absolute atomic E-state index is 13.1. The van der Waals surface area contributed by atoms with Crippen LogP contribution in [0.1, 0.15) is 12.0 Å². The zero-order chi connectivity index (χ0) is 24.4. The summed E-state index contributed by atoms with van der Waals surface area (Å²) in [4.78, 5) is 31.9. The summed E-state index contributed by atoms with van der Waals surface area (Å²) < 4.78 is 10.7. The van der Waals surface area contributed by atoms with Gasteiger partial charge in [0.25, 0.3) is 5.89 Å². The van der Waals surface area contributed by atoms with E-state index in [4.69, 9.17) is 9.26 Å². The lowest BCUT2D eigenvalue weighted by atomic mass is 10.1. The van der Waals surface area contributed by atoms with E-state index in [1.165, 1.54) is 0 Å². The zero-order valence-electron chi connectivity index (χ0n) is 19.4. The third-order valence-corrected chi connectivity index (χ3v) is 6.03. The normalized spacial score (nSPS) is 15.3. The summed E-state index contributed by atoms with van der Waals surface area (Å²) in [6.45, 7) is 2.32. The number of methoxy groups -OCH3 is 1. The van der Waals surface area contributed by atoms with Gasteiger partial charge in [-0.25, -0.2) is 0 Å². The van der Waals surface area contributed by atoms with Gasteiger partial charge in [-0.15, -0.1) is 0 Å². The predicted molar refractivity (Wildman–Crippen MR) is 132 cm³/mol. The Morgan fingerprint density at radius 3 is 2.54 bits per heavy atom. The van der Waals surface area contributed by atoms with Gasteiger partial charge >= 0.3 is 0 Å². The molecule has 1 aliphatic rings. The SMILES string of the molecule is COc1ccc(N2C[C@H](C(=O)Nc3ccccc3-c3nc(-c4ccc(C)cc4)no3)CC2=O)cc1. The van der Waals surface area contributed by atoms with Crippen molar-refractivity contribution in [3.8, 4) is 28.6 Å². The topological polar surface area (TPSA) is 97.6 Å². The molecular weight excluding hydrogens is 444 g/mol. The quantitative estimate of drug-likeness (QED) is 0.440. The molecule has 3 aromatic carbocycles. The smallest absolute Gasteiger partial charge is 0.260 e. The molecule has 0 saturated carbocycles. The van der Waals surface area contributed by atoms with E-state index in [0.717, 1.165) is 16.8 Å². The molecule has 2 amide bonds. The molecule has 8 heteroatoms. The van der Waals surface area contributed by atoms with Gasteiger partial charge < -0.3 is 19.5 Å². The molecule has 0 bridgehead atoms. The van der Waals surface area contributed by atoms with Gasteiger partial charge in [-0.05, 0) is 43.3 Å². The third-order valence-electron chi connectivity index (χ3n) is 6.03. The largest absolute Gasteiger partial charge is 0.497 e. The molecular formula is C27H24N4O4. The first kappa shape index (κ1) is 22.3. The van der Waals surface area contributed by atoms with Crippen molar-refractivity contribution in [2.24, 2.45) is 5.92 Å². The number of aromatic nitrogens is 2. The maximum atomic E-state index is 13.1. The van der Waals surface area contributed by atoms with Crippen LogP contribution in [0.5, 0.6) is 5.75 Å². The van der Waals surface area contributed by atoms with E-state index in [1.807, 2.05) is 61.5 Å². The average molecular weight is 469 g/mol. The first-order chi connectivity index (χ1) is 17.0. The van der Waals surface area contributed by atoms with Crippen molar-refractivity contribution in [3.63, 3.8) is 0 Å². The molecule has 35 heavy (non-hydrogen) atoms. The molecule has 4 aromatic rings. The Morgan fingerprint density at radius 2 is 1.80 bits per heavy atom. The minimum absolute atomic E-state index is 0.0942. The van der Waals surface area contributed by atoms with Gasteiger partial charge in [0.15, 0.2) is 0 Å². The number of nitrogens with one attached hydrogen (secondary N) is 1. The van der Waals surface area contributed by atoms with E-state index in [9.17, 15) is 9.59 Å². The van der Waals surface area contributed by atoms with E-state index in [1.54, 1.807) is 30.2 Å². The van der Waals surface area contributed by atoms with Gasteiger partial charge in [-0.1, -0.05) is 47.1 Å². The number of hydrogen-bond donors (Lipinski definition) is 1. The van der Waals surface area contributed by atoms with Crippen molar-refractivity contribution < 1.29 is 18.8 Å². The van der Waals surface area contributed by atoms with Gasteiger partial charge in [0.2, 0.25) is 17.6 Å². The Hall–Kier alpha value is -4.46. The number of ether oxygens (including phenoxy) is 1. The molecule has 5 rings (SSSR count). The highest BCUT2D eigenvalue weighted by Crippen LogP contribution is 2.31. The lowest BCUT2D eigenvalue weighted by molar-refractivity contribution is -0.122. The van der Waals surface area contributed by atoms with Crippen molar-refractivity contribution in [1.82, 2.24) is 10.1 Å². The van der Waals surface area contributed by atoms with Crippen LogP contribution in [0.2, 0.25) is 0 Å². The second kappa shape index (κ2) is 9.42. The summed E-state index contributed by atoms with van der Waals surface area (Å²) >= 11 is 0. The number of anilines is 2. The van der Waals surface area contributed by atoms with Crippen molar-refractivity contribution in [2.75, 3.05) is 23.9 Å². The standard InChI is InChI=1S/C27H24N4O4/c1-17-7-9-18(10-8-17)25-29-27(35-30-25)22-5-3-4-6-23(22)28-26(33)19-15-24(32)31(16-19)20-11-13-21(34-2)14-12-20/h3-14,19H,15-16H2,1-2H3,(H,28,33)/t19-/m1/s1. The number of rotatable bonds is 6. The molecule has 1 N–H and O–H groups in total. The molecule has 176 valence electrons. The van der Waals surface area contributed by atoms with Crippen LogP contribution in [-0.4, -0.2) is 35.6 Å². The van der Waals surface area contributed by atoms with Crippen molar-refractivity contribution in [3.05, 3.63) is 78.4 Å². The van der Waals surface area contributed by atoms with Crippen LogP contribution >= 0.6 is 0 Å². The highest BCUT2D eigenvalue weighted by molar-refractivity contribution is 6.04. The average Bonchev–Trinajstić information content (AvgIpc) is 3.52. The molecule has 1 atom stereocenters. The number of amides is 2. The van der Waals surface area contributed by atoms with Gasteiger partial charge in [0.1, 0.15) is 5.75 Å².